The molecule has 0 fully saturated rings. The van der Waals surface area contributed by atoms with Crippen molar-refractivity contribution in [2.75, 3.05) is 7.11 Å². The average molecular weight is 554 g/mol. The summed E-state index contributed by atoms with van der Waals surface area (Å²) in [6.07, 6.45) is 0. The van der Waals surface area contributed by atoms with Crippen LogP contribution in [0.2, 0.25) is 5.02 Å². The first-order chi connectivity index (χ1) is 18.0. The van der Waals surface area contributed by atoms with Crippen LogP contribution in [0.1, 0.15) is 44.3 Å². The number of carbonyl (C=O) groups excluding carboxylic acids is 2. The number of ether oxygens (including phenoxy) is 1. The lowest BCUT2D eigenvalue weighted by Crippen LogP contribution is -2.33. The van der Waals surface area contributed by atoms with Crippen LogP contribution in [-0.2, 0) is 17.3 Å². The van der Waals surface area contributed by atoms with Crippen molar-refractivity contribution >= 4 is 45.2 Å². The van der Waals surface area contributed by atoms with Gasteiger partial charge in [0.2, 0.25) is 11.1 Å². The minimum absolute atomic E-state index is 0.0223. The van der Waals surface area contributed by atoms with E-state index in [9.17, 15) is 13.8 Å². The summed E-state index contributed by atoms with van der Waals surface area (Å²) in [4.78, 5) is 30.6. The van der Waals surface area contributed by atoms with E-state index in [-0.39, 0.29) is 16.3 Å². The van der Waals surface area contributed by atoms with Crippen molar-refractivity contribution in [2.45, 2.75) is 44.3 Å². The number of halogens is 1. The van der Waals surface area contributed by atoms with Gasteiger partial charge in [0.1, 0.15) is 16.5 Å². The number of methoxy groups -OCH3 is 1. The number of nitrogen functional groups attached to an aromatic ring is 1. The molecule has 11 heteroatoms. The SMILES string of the molecule is CCn1c(S(=O)c2cc(C(=O)NN)c(C(N)=O)c(-c3cc(C)c(OC)c(C)c3)c2C)nc2ccc(Cl)cc21. The highest BCUT2D eigenvalue weighted by atomic mass is 35.5. The fourth-order valence-electron chi connectivity index (χ4n) is 4.86. The smallest absolute Gasteiger partial charge is 0.266 e. The number of nitrogens with two attached hydrogens (primary N) is 2. The van der Waals surface area contributed by atoms with Crippen LogP contribution in [0.5, 0.6) is 5.75 Å². The summed E-state index contributed by atoms with van der Waals surface area (Å²) in [5, 5.41) is 0.813. The summed E-state index contributed by atoms with van der Waals surface area (Å²) >= 11 is 6.21. The highest BCUT2D eigenvalue weighted by molar-refractivity contribution is 7.85. The Bertz CT molecular complexity index is 1620. The van der Waals surface area contributed by atoms with Crippen molar-refractivity contribution in [3.05, 3.63) is 69.2 Å². The second-order valence-corrected chi connectivity index (χ2v) is 10.6. The Morgan fingerprint density at radius 3 is 2.34 bits per heavy atom. The molecule has 1 heterocycles. The van der Waals surface area contributed by atoms with Gasteiger partial charge in [-0.1, -0.05) is 11.6 Å². The van der Waals surface area contributed by atoms with E-state index < -0.39 is 22.6 Å². The summed E-state index contributed by atoms with van der Waals surface area (Å²) in [6.45, 7) is 7.88. The summed E-state index contributed by atoms with van der Waals surface area (Å²) in [5.41, 5.74) is 12.3. The van der Waals surface area contributed by atoms with Gasteiger partial charge < -0.3 is 15.0 Å². The second-order valence-electron chi connectivity index (χ2n) is 8.82. The van der Waals surface area contributed by atoms with Gasteiger partial charge in [0.25, 0.3) is 5.91 Å². The molecule has 0 spiro atoms. The molecule has 1 aromatic heterocycles. The first-order valence-electron chi connectivity index (χ1n) is 11.7. The van der Waals surface area contributed by atoms with Crippen LogP contribution in [0.3, 0.4) is 0 Å². The molecule has 1 unspecified atom stereocenters. The number of hydrazine groups is 1. The van der Waals surface area contributed by atoms with Gasteiger partial charge in [-0.15, -0.1) is 0 Å². The predicted molar refractivity (Wildman–Crippen MR) is 148 cm³/mol. The van der Waals surface area contributed by atoms with Crippen molar-refractivity contribution in [3.8, 4) is 16.9 Å². The van der Waals surface area contributed by atoms with Crippen molar-refractivity contribution in [2.24, 2.45) is 11.6 Å². The fourth-order valence-corrected chi connectivity index (χ4v) is 6.44. The van der Waals surface area contributed by atoms with Crippen molar-refractivity contribution in [1.29, 1.82) is 0 Å². The average Bonchev–Trinajstić information content (AvgIpc) is 3.24. The van der Waals surface area contributed by atoms with Crippen LogP contribution >= 0.6 is 11.6 Å². The molecule has 0 radical (unpaired) electrons. The van der Waals surface area contributed by atoms with Crippen LogP contribution in [0, 0.1) is 20.8 Å². The molecule has 0 bridgehead atoms. The van der Waals surface area contributed by atoms with E-state index in [0.717, 1.165) is 16.6 Å². The topological polar surface area (TPSA) is 142 Å². The third-order valence-electron chi connectivity index (χ3n) is 6.47. The number of nitrogens with zero attached hydrogens (tertiary/aromatic N) is 2. The Labute approximate surface area is 227 Å². The minimum atomic E-state index is -1.85. The Morgan fingerprint density at radius 1 is 1.13 bits per heavy atom. The van der Waals surface area contributed by atoms with Gasteiger partial charge in [0, 0.05) is 11.6 Å². The molecule has 2 amide bonds. The van der Waals surface area contributed by atoms with Crippen LogP contribution in [0.25, 0.3) is 22.2 Å². The molecule has 198 valence electrons. The van der Waals surface area contributed by atoms with Crippen LogP contribution in [0.4, 0.5) is 0 Å². The molecule has 3 aromatic carbocycles. The molecular formula is C27H28ClN5O4S. The van der Waals surface area contributed by atoms with E-state index in [2.05, 4.69) is 10.4 Å². The monoisotopic (exact) mass is 553 g/mol. The van der Waals surface area contributed by atoms with Gasteiger partial charge in [-0.2, -0.15) is 0 Å². The Balaban J connectivity index is 2.08. The first kappa shape index (κ1) is 27.3. The quantitative estimate of drug-likeness (QED) is 0.178. The maximum Gasteiger partial charge on any atom is 0.266 e. The standard InChI is InChI=1S/C27H28ClN5O4S/c1-6-33-20-11-17(28)7-8-19(20)31-27(33)38(36)21-12-18(26(35)32-30)23(25(29)34)22(15(21)4)16-9-13(2)24(37-5)14(3)10-16/h7-12H,6,30H2,1-5H3,(H2,29,34)(H,32,35). The Hall–Kier alpha value is -3.73. The van der Waals surface area contributed by atoms with Gasteiger partial charge in [-0.25, -0.2) is 15.0 Å². The molecular weight excluding hydrogens is 526 g/mol. The van der Waals surface area contributed by atoms with Gasteiger partial charge in [0.15, 0.2) is 0 Å². The zero-order valence-electron chi connectivity index (χ0n) is 21.6. The Kier molecular flexibility index (Phi) is 7.59. The molecule has 0 aliphatic carbocycles. The normalized spacial score (nSPS) is 12.0. The molecule has 0 saturated heterocycles. The number of fused-ring (bicyclic) bond motifs is 1. The largest absolute Gasteiger partial charge is 0.496 e. The lowest BCUT2D eigenvalue weighted by Gasteiger charge is -2.20. The summed E-state index contributed by atoms with van der Waals surface area (Å²) < 4.78 is 21.5. The summed E-state index contributed by atoms with van der Waals surface area (Å²) in [6, 6.07) is 10.3. The zero-order chi connectivity index (χ0) is 27.9. The minimum Gasteiger partial charge on any atom is -0.496 e. The zero-order valence-corrected chi connectivity index (χ0v) is 23.2. The maximum atomic E-state index is 14.2. The highest BCUT2D eigenvalue weighted by Gasteiger charge is 2.29. The first-order valence-corrected chi connectivity index (χ1v) is 13.3. The van der Waals surface area contributed by atoms with Crippen LogP contribution in [-0.4, -0.2) is 32.7 Å². The molecule has 0 aliphatic heterocycles. The third kappa shape index (κ3) is 4.55. The number of hydrogen-bond acceptors (Lipinski definition) is 6. The lowest BCUT2D eigenvalue weighted by molar-refractivity contribution is 0.0936. The van der Waals surface area contributed by atoms with Gasteiger partial charge in [-0.05, 0) is 91.9 Å². The fraction of sp³-hybridized carbons (Fsp3) is 0.222. The number of imidazole rings is 1. The number of aryl methyl sites for hydroxylation is 3. The molecule has 9 nitrogen and oxygen atoms in total. The van der Waals surface area contributed by atoms with Crippen molar-refractivity contribution in [1.82, 2.24) is 15.0 Å². The van der Waals surface area contributed by atoms with Crippen LogP contribution in [0.15, 0.2) is 46.5 Å². The predicted octanol–water partition coefficient (Wildman–Crippen LogP) is 4.18. The summed E-state index contributed by atoms with van der Waals surface area (Å²) in [5.74, 6) is 4.60. The number of primary amides is 1. The molecule has 0 aliphatic rings. The van der Waals surface area contributed by atoms with Gasteiger partial charge in [-0.3, -0.25) is 15.0 Å². The second kappa shape index (κ2) is 10.6. The Morgan fingerprint density at radius 2 is 1.79 bits per heavy atom. The number of benzene rings is 3. The molecule has 38 heavy (non-hydrogen) atoms. The van der Waals surface area contributed by atoms with E-state index in [0.29, 0.717) is 44.4 Å². The molecule has 4 aromatic rings. The lowest BCUT2D eigenvalue weighted by atomic mass is 9.89. The van der Waals surface area contributed by atoms with Crippen LogP contribution < -0.4 is 21.7 Å². The number of amides is 2. The molecule has 4 rings (SSSR count). The number of aromatic nitrogens is 2. The highest BCUT2D eigenvalue weighted by Crippen LogP contribution is 2.38. The number of carbonyl (C=O) groups is 2. The maximum absolute atomic E-state index is 14.2. The number of rotatable bonds is 7. The van der Waals surface area contributed by atoms with E-state index in [1.807, 2.05) is 37.5 Å². The van der Waals surface area contributed by atoms with Crippen molar-refractivity contribution in [3.63, 3.8) is 0 Å². The molecule has 5 N–H and O–H groups in total. The molecule has 0 saturated carbocycles. The van der Waals surface area contributed by atoms with E-state index in [1.54, 1.807) is 32.2 Å². The third-order valence-corrected chi connectivity index (χ3v) is 8.17. The molecule has 1 atom stereocenters. The van der Waals surface area contributed by atoms with E-state index in [4.69, 9.17) is 27.9 Å². The number of nitrogens with one attached hydrogen (secondary N) is 1. The van der Waals surface area contributed by atoms with Crippen molar-refractivity contribution < 1.29 is 18.5 Å². The van der Waals surface area contributed by atoms with Gasteiger partial charge in [0.05, 0.1) is 34.2 Å². The van der Waals surface area contributed by atoms with E-state index >= 15 is 0 Å². The van der Waals surface area contributed by atoms with Gasteiger partial charge >= 0.3 is 0 Å². The summed E-state index contributed by atoms with van der Waals surface area (Å²) in [7, 11) is -0.270. The number of hydrogen-bond donors (Lipinski definition) is 3. The van der Waals surface area contributed by atoms with E-state index in [1.165, 1.54) is 6.07 Å².